The Balaban J connectivity index is 1.80. The van der Waals surface area contributed by atoms with Gasteiger partial charge in [0, 0.05) is 26.2 Å². The number of carbonyl (C=O) groups is 3. The molecule has 1 aromatic rings. The number of nitrogens with zero attached hydrogens (tertiary/aromatic N) is 3. The van der Waals surface area contributed by atoms with Crippen molar-refractivity contribution in [3.8, 4) is 0 Å². The van der Waals surface area contributed by atoms with Crippen molar-refractivity contribution < 1.29 is 23.9 Å². The highest BCUT2D eigenvalue weighted by Gasteiger charge is 2.42. The van der Waals surface area contributed by atoms with E-state index < -0.39 is 23.8 Å². The first-order valence-electron chi connectivity index (χ1n) is 9.23. The zero-order valence-electron chi connectivity index (χ0n) is 16.0. The fourth-order valence-electron chi connectivity index (χ4n) is 3.33. The molecule has 0 radical (unpaired) electrons. The minimum atomic E-state index is -1.04. The van der Waals surface area contributed by atoms with Gasteiger partial charge in [0.05, 0.1) is 13.7 Å². The topological polar surface area (TPSA) is 101 Å². The Morgan fingerprint density at radius 1 is 1.18 bits per heavy atom. The van der Waals surface area contributed by atoms with E-state index in [0.29, 0.717) is 38.7 Å². The van der Waals surface area contributed by atoms with Crippen molar-refractivity contribution >= 4 is 23.9 Å². The molecule has 2 atom stereocenters. The molecule has 28 heavy (non-hydrogen) atoms. The quantitative estimate of drug-likeness (QED) is 0.607. The number of esters is 1. The maximum absolute atomic E-state index is 12.7. The van der Waals surface area contributed by atoms with Crippen LogP contribution in [0.25, 0.3) is 0 Å². The van der Waals surface area contributed by atoms with Crippen LogP contribution in [-0.4, -0.2) is 73.6 Å². The first-order chi connectivity index (χ1) is 13.5. The van der Waals surface area contributed by atoms with Gasteiger partial charge in [-0.1, -0.05) is 30.3 Å². The molecule has 0 aliphatic carbocycles. The standard InChI is InChI=1S/C19H24N4O5/c1-3-28-19(26)23-11-9-22(10-12-23)18-20-15(13-7-5-4-6-8-13)14(16(24)21-18)17(25)27-2/h4-8,14-15H,3,9-12H2,1-2H3,(H,20,21,24)/t14-,15-/m0/s1. The lowest BCUT2D eigenvalue weighted by Gasteiger charge is -2.38. The average Bonchev–Trinajstić information content (AvgIpc) is 2.73. The highest BCUT2D eigenvalue weighted by Crippen LogP contribution is 2.30. The monoisotopic (exact) mass is 388 g/mol. The lowest BCUT2D eigenvalue weighted by molar-refractivity contribution is -0.151. The van der Waals surface area contributed by atoms with Crippen LogP contribution in [0.4, 0.5) is 4.79 Å². The van der Waals surface area contributed by atoms with Crippen LogP contribution < -0.4 is 5.32 Å². The number of piperazine rings is 1. The Morgan fingerprint density at radius 3 is 2.46 bits per heavy atom. The van der Waals surface area contributed by atoms with Gasteiger partial charge < -0.3 is 19.3 Å². The van der Waals surface area contributed by atoms with Crippen molar-refractivity contribution in [2.75, 3.05) is 39.9 Å². The van der Waals surface area contributed by atoms with Crippen molar-refractivity contribution in [3.05, 3.63) is 35.9 Å². The summed E-state index contributed by atoms with van der Waals surface area (Å²) in [6.07, 6.45) is -0.343. The lowest BCUT2D eigenvalue weighted by atomic mass is 9.91. The van der Waals surface area contributed by atoms with Crippen LogP contribution >= 0.6 is 0 Å². The van der Waals surface area contributed by atoms with Crippen LogP contribution in [0.15, 0.2) is 35.3 Å². The van der Waals surface area contributed by atoms with E-state index in [1.807, 2.05) is 35.2 Å². The van der Waals surface area contributed by atoms with E-state index in [-0.39, 0.29) is 6.09 Å². The number of hydrogen-bond donors (Lipinski definition) is 1. The molecule has 0 bridgehead atoms. The van der Waals surface area contributed by atoms with Gasteiger partial charge in [-0.25, -0.2) is 9.79 Å². The maximum atomic E-state index is 12.7. The van der Waals surface area contributed by atoms with Crippen molar-refractivity contribution in [3.63, 3.8) is 0 Å². The molecule has 1 saturated heterocycles. The smallest absolute Gasteiger partial charge is 0.409 e. The van der Waals surface area contributed by atoms with Gasteiger partial charge in [-0.3, -0.25) is 14.9 Å². The Labute approximate surface area is 163 Å². The van der Waals surface area contributed by atoms with Gasteiger partial charge >= 0.3 is 12.1 Å². The third-order valence-corrected chi connectivity index (χ3v) is 4.80. The number of hydrogen-bond acceptors (Lipinski definition) is 7. The van der Waals surface area contributed by atoms with Crippen LogP contribution in [0.1, 0.15) is 18.5 Å². The van der Waals surface area contributed by atoms with E-state index >= 15 is 0 Å². The Kier molecular flexibility index (Phi) is 6.13. The van der Waals surface area contributed by atoms with Gasteiger partial charge in [-0.15, -0.1) is 0 Å². The highest BCUT2D eigenvalue weighted by molar-refractivity contribution is 6.08. The zero-order chi connectivity index (χ0) is 20.1. The average molecular weight is 388 g/mol. The third kappa shape index (κ3) is 4.08. The molecular weight excluding hydrogens is 364 g/mol. The number of ether oxygens (including phenoxy) is 2. The summed E-state index contributed by atoms with van der Waals surface area (Å²) in [7, 11) is 1.26. The van der Waals surface area contributed by atoms with E-state index in [4.69, 9.17) is 9.47 Å². The first-order valence-corrected chi connectivity index (χ1v) is 9.23. The van der Waals surface area contributed by atoms with Gasteiger partial charge in [0.2, 0.25) is 11.9 Å². The molecule has 3 rings (SSSR count). The SMILES string of the molecule is CCOC(=O)N1CCN(C2=N[C@@H](c3ccccc3)[C@H](C(=O)OC)C(=O)N2)CC1. The van der Waals surface area contributed by atoms with E-state index in [0.717, 1.165) is 5.56 Å². The second kappa shape index (κ2) is 8.73. The van der Waals surface area contributed by atoms with Crippen molar-refractivity contribution in [1.82, 2.24) is 15.1 Å². The number of amides is 2. The van der Waals surface area contributed by atoms with E-state index in [9.17, 15) is 14.4 Å². The molecule has 0 spiro atoms. The van der Waals surface area contributed by atoms with Crippen molar-refractivity contribution in [1.29, 1.82) is 0 Å². The van der Waals surface area contributed by atoms with Crippen LogP contribution in [-0.2, 0) is 19.1 Å². The fourth-order valence-corrected chi connectivity index (χ4v) is 3.33. The largest absolute Gasteiger partial charge is 0.468 e. The normalized spacial score (nSPS) is 22.2. The minimum Gasteiger partial charge on any atom is -0.468 e. The van der Waals surface area contributed by atoms with E-state index in [2.05, 4.69) is 10.3 Å². The molecule has 9 nitrogen and oxygen atoms in total. The van der Waals surface area contributed by atoms with Gasteiger partial charge in [0.15, 0.2) is 5.92 Å². The molecule has 1 aromatic carbocycles. The number of carbonyl (C=O) groups excluding carboxylic acids is 3. The molecule has 9 heteroatoms. The summed E-state index contributed by atoms with van der Waals surface area (Å²) in [5.74, 6) is -1.71. The summed E-state index contributed by atoms with van der Waals surface area (Å²) in [4.78, 5) is 44.9. The molecule has 1 fully saturated rings. The number of aliphatic imine (C=N–C) groups is 1. The lowest BCUT2D eigenvalue weighted by Crippen LogP contribution is -2.58. The second-order valence-electron chi connectivity index (χ2n) is 6.47. The molecule has 2 aliphatic rings. The third-order valence-electron chi connectivity index (χ3n) is 4.80. The predicted molar refractivity (Wildman–Crippen MR) is 100 cm³/mol. The molecule has 0 saturated carbocycles. The molecule has 2 aliphatic heterocycles. The van der Waals surface area contributed by atoms with E-state index in [1.165, 1.54) is 7.11 Å². The van der Waals surface area contributed by atoms with Gasteiger partial charge in [0.1, 0.15) is 6.04 Å². The molecule has 0 unspecified atom stereocenters. The second-order valence-corrected chi connectivity index (χ2v) is 6.47. The van der Waals surface area contributed by atoms with Crippen molar-refractivity contribution in [2.45, 2.75) is 13.0 Å². The summed E-state index contributed by atoms with van der Waals surface area (Å²) < 4.78 is 9.84. The fraction of sp³-hybridized carbons (Fsp3) is 0.474. The summed E-state index contributed by atoms with van der Waals surface area (Å²) in [6.45, 7) is 4.02. The van der Waals surface area contributed by atoms with Crippen LogP contribution in [0.5, 0.6) is 0 Å². The minimum absolute atomic E-state index is 0.329. The summed E-state index contributed by atoms with van der Waals surface area (Å²) in [6, 6.07) is 8.53. The Hall–Kier alpha value is -3.10. The molecule has 1 N–H and O–H groups in total. The number of rotatable bonds is 3. The molecular formula is C19H24N4O5. The van der Waals surface area contributed by atoms with Crippen LogP contribution in [0.3, 0.4) is 0 Å². The van der Waals surface area contributed by atoms with Crippen molar-refractivity contribution in [2.24, 2.45) is 10.9 Å². The number of guanidine groups is 1. The highest BCUT2D eigenvalue weighted by atomic mass is 16.6. The number of methoxy groups -OCH3 is 1. The molecule has 150 valence electrons. The van der Waals surface area contributed by atoms with Crippen LogP contribution in [0, 0.1) is 5.92 Å². The first kappa shape index (κ1) is 19.7. The van der Waals surface area contributed by atoms with Crippen LogP contribution in [0.2, 0.25) is 0 Å². The molecule has 2 amide bonds. The van der Waals surface area contributed by atoms with Gasteiger partial charge in [0.25, 0.3) is 0 Å². The number of nitrogens with one attached hydrogen (secondary N) is 1. The summed E-state index contributed by atoms with van der Waals surface area (Å²) in [5, 5.41) is 2.72. The van der Waals surface area contributed by atoms with E-state index in [1.54, 1.807) is 11.8 Å². The number of benzene rings is 1. The molecule has 2 heterocycles. The maximum Gasteiger partial charge on any atom is 0.409 e. The summed E-state index contributed by atoms with van der Waals surface area (Å²) >= 11 is 0. The van der Waals surface area contributed by atoms with Gasteiger partial charge in [-0.05, 0) is 12.5 Å². The Bertz CT molecular complexity index is 759. The molecule has 0 aromatic heterocycles. The Morgan fingerprint density at radius 2 is 1.86 bits per heavy atom. The predicted octanol–water partition coefficient (Wildman–Crippen LogP) is 0.777. The summed E-state index contributed by atoms with van der Waals surface area (Å²) in [5.41, 5.74) is 0.760. The zero-order valence-corrected chi connectivity index (χ0v) is 16.0. The van der Waals surface area contributed by atoms with Gasteiger partial charge in [-0.2, -0.15) is 0 Å².